The lowest BCUT2D eigenvalue weighted by Crippen LogP contribution is -2.34. The summed E-state index contributed by atoms with van der Waals surface area (Å²) >= 11 is 0.850. The highest BCUT2D eigenvalue weighted by molar-refractivity contribution is 8.18. The van der Waals surface area contributed by atoms with E-state index in [0.29, 0.717) is 10.9 Å². The van der Waals surface area contributed by atoms with Crippen LogP contribution in [-0.2, 0) is 14.3 Å². The van der Waals surface area contributed by atoms with Crippen molar-refractivity contribution in [1.29, 1.82) is 0 Å². The second-order valence-electron chi connectivity index (χ2n) is 5.86. The number of nitrogens with zero attached hydrogens (tertiary/aromatic N) is 2. The van der Waals surface area contributed by atoms with Crippen LogP contribution in [-0.4, -0.2) is 39.7 Å². The van der Waals surface area contributed by atoms with Crippen LogP contribution in [0.2, 0.25) is 0 Å². The molecule has 1 aromatic heterocycles. The van der Waals surface area contributed by atoms with E-state index in [4.69, 9.17) is 4.74 Å². The van der Waals surface area contributed by atoms with Crippen molar-refractivity contribution < 1.29 is 19.1 Å². The molecule has 0 bridgehead atoms. The number of esters is 1. The molecule has 1 aliphatic rings. The Labute approximate surface area is 145 Å². The van der Waals surface area contributed by atoms with E-state index in [1.54, 1.807) is 13.0 Å². The second-order valence-corrected chi connectivity index (χ2v) is 6.86. The van der Waals surface area contributed by atoms with Gasteiger partial charge in [0, 0.05) is 17.4 Å². The van der Waals surface area contributed by atoms with Gasteiger partial charge < -0.3 is 9.30 Å². The molecule has 0 unspecified atom stereocenters. The number of hydrogen-bond acceptors (Lipinski definition) is 5. The van der Waals surface area contributed by atoms with E-state index in [9.17, 15) is 14.4 Å². The molecule has 1 saturated heterocycles. The molecular formula is C17H22N2O4S. The molecule has 0 spiro atoms. The highest BCUT2D eigenvalue weighted by atomic mass is 32.2. The van der Waals surface area contributed by atoms with Crippen molar-refractivity contribution in [2.45, 2.75) is 40.7 Å². The van der Waals surface area contributed by atoms with Crippen molar-refractivity contribution in [1.82, 2.24) is 9.47 Å². The number of thioether (sulfide) groups is 1. The summed E-state index contributed by atoms with van der Waals surface area (Å²) < 4.78 is 6.98. The van der Waals surface area contributed by atoms with E-state index in [0.717, 1.165) is 33.6 Å². The molecule has 2 heterocycles. The molecule has 130 valence electrons. The highest BCUT2D eigenvalue weighted by Crippen LogP contribution is 2.33. The molecule has 2 amide bonds. The maximum atomic E-state index is 12.4. The Bertz CT molecular complexity index is 718. The average molecular weight is 350 g/mol. The minimum Gasteiger partial charge on any atom is -0.465 e. The Morgan fingerprint density at radius 2 is 2.00 bits per heavy atom. The highest BCUT2D eigenvalue weighted by Gasteiger charge is 2.36. The number of rotatable bonds is 5. The molecule has 2 rings (SSSR count). The van der Waals surface area contributed by atoms with Gasteiger partial charge in [0.15, 0.2) is 0 Å². The Hall–Kier alpha value is -2.02. The SMILES string of the molecule is CCOC(=O)CN1C(=O)S/C(=C/c2cc(C)n(C(C)C)c2C)C1=O. The summed E-state index contributed by atoms with van der Waals surface area (Å²) in [5.41, 5.74) is 3.04. The Morgan fingerprint density at radius 3 is 2.54 bits per heavy atom. The summed E-state index contributed by atoms with van der Waals surface area (Å²) in [6.07, 6.45) is 1.72. The quantitative estimate of drug-likeness (QED) is 0.602. The predicted octanol–water partition coefficient (Wildman–Crippen LogP) is 3.29. The fourth-order valence-corrected chi connectivity index (χ4v) is 3.69. The largest absolute Gasteiger partial charge is 0.465 e. The smallest absolute Gasteiger partial charge is 0.326 e. The van der Waals surface area contributed by atoms with Gasteiger partial charge >= 0.3 is 5.97 Å². The number of imide groups is 1. The van der Waals surface area contributed by atoms with Gasteiger partial charge in [-0.25, -0.2) is 0 Å². The van der Waals surface area contributed by atoms with E-state index in [2.05, 4.69) is 18.4 Å². The summed E-state index contributed by atoms with van der Waals surface area (Å²) in [5.74, 6) is -1.04. The van der Waals surface area contributed by atoms with Crippen molar-refractivity contribution in [2.75, 3.05) is 13.2 Å². The first kappa shape index (κ1) is 18.3. The van der Waals surface area contributed by atoms with Crippen LogP contribution in [0.15, 0.2) is 11.0 Å². The minimum atomic E-state index is -0.584. The molecule has 6 nitrogen and oxygen atoms in total. The lowest BCUT2D eigenvalue weighted by Gasteiger charge is -2.13. The molecule has 0 aromatic carbocycles. The topological polar surface area (TPSA) is 68.6 Å². The van der Waals surface area contributed by atoms with Crippen molar-refractivity contribution in [3.05, 3.63) is 27.9 Å². The van der Waals surface area contributed by atoms with E-state index in [1.807, 2.05) is 19.9 Å². The van der Waals surface area contributed by atoms with E-state index in [-0.39, 0.29) is 13.2 Å². The molecule has 1 aliphatic heterocycles. The number of aryl methyl sites for hydroxylation is 1. The van der Waals surface area contributed by atoms with Gasteiger partial charge in [-0.1, -0.05) is 0 Å². The Balaban J connectivity index is 2.26. The van der Waals surface area contributed by atoms with Gasteiger partial charge in [0.1, 0.15) is 6.54 Å². The van der Waals surface area contributed by atoms with Crippen LogP contribution in [0.25, 0.3) is 6.08 Å². The molecule has 0 saturated carbocycles. The second kappa shape index (κ2) is 7.25. The molecule has 1 fully saturated rings. The van der Waals surface area contributed by atoms with Gasteiger partial charge in [0.2, 0.25) is 0 Å². The maximum Gasteiger partial charge on any atom is 0.326 e. The molecule has 7 heteroatoms. The summed E-state index contributed by atoms with van der Waals surface area (Å²) in [7, 11) is 0. The van der Waals surface area contributed by atoms with Crippen LogP contribution in [0.5, 0.6) is 0 Å². The van der Waals surface area contributed by atoms with Crippen LogP contribution >= 0.6 is 11.8 Å². The summed E-state index contributed by atoms with van der Waals surface area (Å²) in [6.45, 7) is 9.73. The van der Waals surface area contributed by atoms with Crippen molar-refractivity contribution in [3.8, 4) is 0 Å². The first-order chi connectivity index (χ1) is 11.3. The Kier molecular flexibility index (Phi) is 5.54. The lowest BCUT2D eigenvalue weighted by molar-refractivity contribution is -0.145. The third-order valence-corrected chi connectivity index (χ3v) is 4.70. The van der Waals surface area contributed by atoms with Crippen molar-refractivity contribution >= 4 is 35.0 Å². The van der Waals surface area contributed by atoms with Gasteiger partial charge in [-0.2, -0.15) is 0 Å². The van der Waals surface area contributed by atoms with Crippen molar-refractivity contribution in [3.63, 3.8) is 0 Å². The number of carbonyl (C=O) groups is 3. The minimum absolute atomic E-state index is 0.214. The maximum absolute atomic E-state index is 12.4. The van der Waals surface area contributed by atoms with Gasteiger partial charge in [-0.05, 0) is 64.1 Å². The zero-order valence-electron chi connectivity index (χ0n) is 14.6. The van der Waals surface area contributed by atoms with Gasteiger partial charge in [0.05, 0.1) is 11.5 Å². The molecule has 0 N–H and O–H groups in total. The van der Waals surface area contributed by atoms with Gasteiger partial charge in [-0.3, -0.25) is 19.3 Å². The van der Waals surface area contributed by atoms with Crippen LogP contribution in [0.1, 0.15) is 43.8 Å². The van der Waals surface area contributed by atoms with Gasteiger partial charge in [0.25, 0.3) is 11.1 Å². The molecule has 24 heavy (non-hydrogen) atoms. The summed E-state index contributed by atoms with van der Waals surface area (Å²) in [6, 6.07) is 2.31. The third kappa shape index (κ3) is 3.56. The predicted molar refractivity (Wildman–Crippen MR) is 93.6 cm³/mol. The first-order valence-corrected chi connectivity index (χ1v) is 8.67. The van der Waals surface area contributed by atoms with Crippen LogP contribution in [0.3, 0.4) is 0 Å². The molecule has 0 radical (unpaired) electrons. The average Bonchev–Trinajstić information content (AvgIpc) is 2.90. The number of amides is 2. The fourth-order valence-electron chi connectivity index (χ4n) is 2.86. The third-order valence-electron chi connectivity index (χ3n) is 3.79. The first-order valence-electron chi connectivity index (χ1n) is 7.85. The Morgan fingerprint density at radius 1 is 1.33 bits per heavy atom. The van der Waals surface area contributed by atoms with E-state index in [1.165, 1.54) is 0 Å². The van der Waals surface area contributed by atoms with Crippen LogP contribution in [0, 0.1) is 13.8 Å². The van der Waals surface area contributed by atoms with Crippen LogP contribution in [0.4, 0.5) is 4.79 Å². The fraction of sp³-hybridized carbons (Fsp3) is 0.471. The number of hydrogen-bond donors (Lipinski definition) is 0. The van der Waals surface area contributed by atoms with E-state index >= 15 is 0 Å². The zero-order chi connectivity index (χ0) is 18.0. The van der Waals surface area contributed by atoms with E-state index < -0.39 is 17.1 Å². The van der Waals surface area contributed by atoms with Crippen LogP contribution < -0.4 is 0 Å². The monoisotopic (exact) mass is 350 g/mol. The molecule has 0 atom stereocenters. The molecule has 0 aliphatic carbocycles. The van der Waals surface area contributed by atoms with Gasteiger partial charge in [-0.15, -0.1) is 0 Å². The summed E-state index contributed by atoms with van der Waals surface area (Å²) in [5, 5.41) is -0.447. The number of aromatic nitrogens is 1. The normalized spacial score (nSPS) is 16.6. The number of ether oxygens (including phenoxy) is 1. The molecular weight excluding hydrogens is 328 g/mol. The zero-order valence-corrected chi connectivity index (χ0v) is 15.4. The standard InChI is InChI=1S/C17H22N2O4S/c1-6-23-15(20)9-18-16(21)14(24-17(18)22)8-13-7-11(4)19(10(2)3)12(13)5/h7-8,10H,6,9H2,1-5H3/b14-8+. The molecule has 1 aromatic rings. The summed E-state index contributed by atoms with van der Waals surface area (Å²) in [4.78, 5) is 37.2. The van der Waals surface area contributed by atoms with Crippen molar-refractivity contribution in [2.24, 2.45) is 0 Å². The number of carbonyl (C=O) groups excluding carboxylic acids is 3. The lowest BCUT2D eigenvalue weighted by atomic mass is 10.2.